The molecule has 2 heterocycles. The lowest BCUT2D eigenvalue weighted by atomic mass is 10.0. The highest BCUT2D eigenvalue weighted by molar-refractivity contribution is 7.13. The van der Waals surface area contributed by atoms with Crippen LogP contribution in [0.2, 0.25) is 0 Å². The molecule has 0 bridgehead atoms. The van der Waals surface area contributed by atoms with Gasteiger partial charge in [-0.3, -0.25) is 4.79 Å². The van der Waals surface area contributed by atoms with Crippen LogP contribution < -0.4 is 5.32 Å². The van der Waals surface area contributed by atoms with Gasteiger partial charge in [-0.1, -0.05) is 30.7 Å². The first-order chi connectivity index (χ1) is 12.1. The highest BCUT2D eigenvalue weighted by Gasteiger charge is 2.20. The molecule has 0 aliphatic carbocycles. The van der Waals surface area contributed by atoms with Crippen LogP contribution in [0.3, 0.4) is 0 Å². The number of amides is 1. The minimum Gasteiger partial charge on any atom is -0.353 e. The molecule has 1 fully saturated rings. The number of carbonyl (C=O) groups is 1. The molecular formula is C20H27N3OS. The Morgan fingerprint density at radius 3 is 2.88 bits per heavy atom. The molecule has 1 N–H and O–H groups in total. The third-order valence-electron chi connectivity index (χ3n) is 4.65. The molecular weight excluding hydrogens is 330 g/mol. The highest BCUT2D eigenvalue weighted by atomic mass is 32.1. The Kier molecular flexibility index (Phi) is 6.21. The molecule has 5 heteroatoms. The van der Waals surface area contributed by atoms with E-state index in [0.29, 0.717) is 12.5 Å². The number of carbonyl (C=O) groups excluding carboxylic acids is 1. The second kappa shape index (κ2) is 8.59. The number of nitrogens with one attached hydrogen (secondary N) is 1. The Morgan fingerprint density at radius 2 is 2.16 bits per heavy atom. The van der Waals surface area contributed by atoms with Crippen molar-refractivity contribution in [3.8, 4) is 10.6 Å². The van der Waals surface area contributed by atoms with Gasteiger partial charge in [-0.2, -0.15) is 0 Å². The number of thiazole rings is 1. The van der Waals surface area contributed by atoms with Crippen molar-refractivity contribution in [2.75, 3.05) is 19.6 Å². The number of aromatic nitrogens is 1. The van der Waals surface area contributed by atoms with Gasteiger partial charge in [0.1, 0.15) is 5.01 Å². The molecule has 0 saturated carbocycles. The minimum absolute atomic E-state index is 0.0926. The van der Waals surface area contributed by atoms with Crippen molar-refractivity contribution in [3.05, 3.63) is 40.9 Å². The monoisotopic (exact) mass is 357 g/mol. The summed E-state index contributed by atoms with van der Waals surface area (Å²) in [4.78, 5) is 19.5. The Labute approximate surface area is 154 Å². The fourth-order valence-corrected chi connectivity index (χ4v) is 4.18. The molecule has 25 heavy (non-hydrogen) atoms. The van der Waals surface area contributed by atoms with Gasteiger partial charge >= 0.3 is 0 Å². The third-order valence-corrected chi connectivity index (χ3v) is 5.59. The Morgan fingerprint density at radius 1 is 1.36 bits per heavy atom. The van der Waals surface area contributed by atoms with Gasteiger partial charge in [-0.05, 0) is 38.8 Å². The van der Waals surface area contributed by atoms with E-state index in [9.17, 15) is 4.79 Å². The predicted molar refractivity (Wildman–Crippen MR) is 104 cm³/mol. The maximum absolute atomic E-state index is 12.3. The van der Waals surface area contributed by atoms with Gasteiger partial charge in [-0.25, -0.2) is 4.98 Å². The fourth-order valence-electron chi connectivity index (χ4n) is 3.36. The summed E-state index contributed by atoms with van der Waals surface area (Å²) in [6, 6.07) is 8.64. The molecule has 1 aliphatic rings. The molecule has 0 unspecified atom stereocenters. The first kappa shape index (κ1) is 18.1. The van der Waals surface area contributed by atoms with Crippen molar-refractivity contribution >= 4 is 17.2 Å². The summed E-state index contributed by atoms with van der Waals surface area (Å²) in [7, 11) is 0. The third kappa shape index (κ3) is 5.13. The zero-order chi connectivity index (χ0) is 17.6. The molecule has 134 valence electrons. The highest BCUT2D eigenvalue weighted by Crippen LogP contribution is 2.24. The van der Waals surface area contributed by atoms with E-state index in [1.54, 1.807) is 11.3 Å². The van der Waals surface area contributed by atoms with Gasteiger partial charge in [-0.15, -0.1) is 11.3 Å². The summed E-state index contributed by atoms with van der Waals surface area (Å²) in [6.07, 6.45) is 3.68. The average Bonchev–Trinajstić information content (AvgIpc) is 3.05. The van der Waals surface area contributed by atoms with Crippen molar-refractivity contribution in [1.29, 1.82) is 0 Å². The second-order valence-corrected chi connectivity index (χ2v) is 7.73. The van der Waals surface area contributed by atoms with Gasteiger partial charge in [0.25, 0.3) is 0 Å². The van der Waals surface area contributed by atoms with Crippen molar-refractivity contribution < 1.29 is 4.79 Å². The predicted octanol–water partition coefficient (Wildman–Crippen LogP) is 3.65. The van der Waals surface area contributed by atoms with Crippen LogP contribution in [-0.4, -0.2) is 41.5 Å². The van der Waals surface area contributed by atoms with Crippen molar-refractivity contribution in [1.82, 2.24) is 15.2 Å². The molecule has 3 rings (SSSR count). The topological polar surface area (TPSA) is 45.2 Å². The minimum atomic E-state index is 0.0926. The van der Waals surface area contributed by atoms with Crippen LogP contribution in [0, 0.1) is 6.92 Å². The summed E-state index contributed by atoms with van der Waals surface area (Å²) in [5.74, 6) is 0.0926. The number of piperidine rings is 1. The standard InChI is InChI=1S/C20H27N3OS/c1-3-9-23-10-7-17(8-11-23)21-19(24)13-18-14-25-20(22-18)16-6-4-5-15(2)12-16/h4-6,12,14,17H,3,7-11,13H2,1-2H3,(H,21,24). The quantitative estimate of drug-likeness (QED) is 0.858. The maximum atomic E-state index is 12.3. The van der Waals surface area contributed by atoms with Crippen LogP contribution in [0.25, 0.3) is 10.6 Å². The van der Waals surface area contributed by atoms with Crippen LogP contribution in [0.15, 0.2) is 29.6 Å². The van der Waals surface area contributed by atoms with Gasteiger partial charge in [0.2, 0.25) is 5.91 Å². The summed E-state index contributed by atoms with van der Waals surface area (Å²) < 4.78 is 0. The van der Waals surface area contributed by atoms with Gasteiger partial charge in [0.15, 0.2) is 0 Å². The van der Waals surface area contributed by atoms with E-state index in [0.717, 1.165) is 42.2 Å². The number of benzene rings is 1. The summed E-state index contributed by atoms with van der Waals surface area (Å²) in [6.45, 7) is 7.64. The van der Waals surface area contributed by atoms with Crippen molar-refractivity contribution in [2.45, 2.75) is 45.6 Å². The van der Waals surface area contributed by atoms with Crippen molar-refractivity contribution in [2.24, 2.45) is 0 Å². The Hall–Kier alpha value is -1.72. The fraction of sp³-hybridized carbons (Fsp3) is 0.500. The molecule has 1 aromatic heterocycles. The lowest BCUT2D eigenvalue weighted by Crippen LogP contribution is -2.45. The van der Waals surface area contributed by atoms with Gasteiger partial charge < -0.3 is 10.2 Å². The van der Waals surface area contributed by atoms with E-state index in [1.807, 2.05) is 11.4 Å². The van der Waals surface area contributed by atoms with Gasteiger partial charge in [0, 0.05) is 30.1 Å². The molecule has 0 radical (unpaired) electrons. The SMILES string of the molecule is CCCN1CCC(NC(=O)Cc2csc(-c3cccc(C)c3)n2)CC1. The maximum Gasteiger partial charge on any atom is 0.226 e. The van der Waals surface area contributed by atoms with E-state index in [-0.39, 0.29) is 5.91 Å². The molecule has 4 nitrogen and oxygen atoms in total. The van der Waals surface area contributed by atoms with Crippen molar-refractivity contribution in [3.63, 3.8) is 0 Å². The smallest absolute Gasteiger partial charge is 0.226 e. The second-order valence-electron chi connectivity index (χ2n) is 6.87. The summed E-state index contributed by atoms with van der Waals surface area (Å²) >= 11 is 1.61. The zero-order valence-electron chi connectivity index (χ0n) is 15.1. The number of likely N-dealkylation sites (tertiary alicyclic amines) is 1. The molecule has 0 atom stereocenters. The summed E-state index contributed by atoms with van der Waals surface area (Å²) in [5, 5.41) is 6.17. The number of hydrogen-bond donors (Lipinski definition) is 1. The van der Waals surface area contributed by atoms with Gasteiger partial charge in [0.05, 0.1) is 12.1 Å². The first-order valence-corrected chi connectivity index (χ1v) is 10.0. The van der Waals surface area contributed by atoms with E-state index < -0.39 is 0 Å². The van der Waals surface area contributed by atoms with E-state index in [4.69, 9.17) is 0 Å². The average molecular weight is 358 g/mol. The normalized spacial score (nSPS) is 16.1. The number of hydrogen-bond acceptors (Lipinski definition) is 4. The molecule has 1 amide bonds. The molecule has 2 aromatic rings. The lowest BCUT2D eigenvalue weighted by Gasteiger charge is -2.32. The Balaban J connectivity index is 1.51. The zero-order valence-corrected chi connectivity index (χ0v) is 15.9. The molecule has 1 aliphatic heterocycles. The molecule has 0 spiro atoms. The largest absolute Gasteiger partial charge is 0.353 e. The molecule has 1 saturated heterocycles. The summed E-state index contributed by atoms with van der Waals surface area (Å²) in [5.41, 5.74) is 3.21. The van der Waals surface area contributed by atoms with Crippen LogP contribution >= 0.6 is 11.3 Å². The van der Waals surface area contributed by atoms with Crippen LogP contribution in [0.5, 0.6) is 0 Å². The van der Waals surface area contributed by atoms with Crippen LogP contribution in [0.4, 0.5) is 0 Å². The number of aryl methyl sites for hydroxylation is 1. The van der Waals surface area contributed by atoms with E-state index in [1.165, 1.54) is 18.5 Å². The first-order valence-electron chi connectivity index (χ1n) is 9.17. The number of rotatable bonds is 6. The van der Waals surface area contributed by atoms with Crippen LogP contribution in [-0.2, 0) is 11.2 Å². The lowest BCUT2D eigenvalue weighted by molar-refractivity contribution is -0.121. The number of nitrogens with zero attached hydrogens (tertiary/aromatic N) is 2. The van der Waals surface area contributed by atoms with E-state index in [2.05, 4.69) is 47.2 Å². The van der Waals surface area contributed by atoms with Crippen LogP contribution in [0.1, 0.15) is 37.4 Å². The molecule has 1 aromatic carbocycles. The van der Waals surface area contributed by atoms with E-state index >= 15 is 0 Å². The Bertz CT molecular complexity index is 704.